The van der Waals surface area contributed by atoms with E-state index in [1.54, 1.807) is 7.11 Å². The molecule has 0 aliphatic heterocycles. The minimum Gasteiger partial charge on any atom is -0.383 e. The lowest BCUT2D eigenvalue weighted by Crippen LogP contribution is -2.33. The number of nitrogens with zero attached hydrogens (tertiary/aromatic N) is 2. The molecule has 0 spiro atoms. The molecule has 1 unspecified atom stereocenters. The van der Waals surface area contributed by atoms with E-state index < -0.39 is 0 Å². The summed E-state index contributed by atoms with van der Waals surface area (Å²) < 4.78 is 5.25. The normalized spacial score (nSPS) is 13.0. The van der Waals surface area contributed by atoms with Crippen LogP contribution in [-0.2, 0) is 11.3 Å². The van der Waals surface area contributed by atoms with Gasteiger partial charge in [-0.3, -0.25) is 0 Å². The van der Waals surface area contributed by atoms with Crippen molar-refractivity contribution in [3.63, 3.8) is 0 Å². The van der Waals surface area contributed by atoms with Gasteiger partial charge in [0, 0.05) is 32.4 Å². The topological polar surface area (TPSA) is 37.4 Å². The van der Waals surface area contributed by atoms with Crippen molar-refractivity contribution in [2.75, 3.05) is 25.7 Å². The minimum atomic E-state index is 0.302. The Balaban J connectivity index is 3.01. The van der Waals surface area contributed by atoms with Crippen LogP contribution in [0.5, 0.6) is 0 Å². The molecule has 1 heterocycles. The highest BCUT2D eigenvalue weighted by Crippen LogP contribution is 2.21. The molecule has 0 amide bonds. The monoisotopic (exact) mass is 293 g/mol. The van der Waals surface area contributed by atoms with Gasteiger partial charge in [-0.15, -0.1) is 0 Å². The maximum atomic E-state index is 5.25. The van der Waals surface area contributed by atoms with Crippen molar-refractivity contribution in [2.45, 2.75) is 59.2 Å². The zero-order chi connectivity index (χ0) is 16.0. The fourth-order valence-electron chi connectivity index (χ4n) is 2.07. The van der Waals surface area contributed by atoms with Crippen LogP contribution in [-0.4, -0.2) is 37.8 Å². The van der Waals surface area contributed by atoms with Gasteiger partial charge in [0.05, 0.1) is 12.6 Å². The second-order valence-electron chi connectivity index (χ2n) is 6.36. The number of nitrogens with one attached hydrogen (secondary N) is 1. The van der Waals surface area contributed by atoms with Crippen molar-refractivity contribution < 1.29 is 4.74 Å². The van der Waals surface area contributed by atoms with Crippen LogP contribution in [0.1, 0.15) is 51.8 Å². The molecule has 4 nitrogen and oxygen atoms in total. The van der Waals surface area contributed by atoms with Crippen molar-refractivity contribution in [1.82, 2.24) is 10.3 Å². The van der Waals surface area contributed by atoms with E-state index >= 15 is 0 Å². The molecule has 0 saturated carbocycles. The zero-order valence-electron chi connectivity index (χ0n) is 14.6. The van der Waals surface area contributed by atoms with Gasteiger partial charge in [0.25, 0.3) is 0 Å². The van der Waals surface area contributed by atoms with Crippen LogP contribution < -0.4 is 10.2 Å². The van der Waals surface area contributed by atoms with E-state index in [4.69, 9.17) is 9.72 Å². The maximum Gasteiger partial charge on any atom is 0.129 e. The van der Waals surface area contributed by atoms with Crippen molar-refractivity contribution in [3.8, 4) is 0 Å². The molecule has 1 N–H and O–H groups in total. The highest BCUT2D eigenvalue weighted by molar-refractivity contribution is 5.43. The Labute approximate surface area is 129 Å². The second-order valence-corrected chi connectivity index (χ2v) is 6.36. The van der Waals surface area contributed by atoms with E-state index in [1.165, 1.54) is 5.56 Å². The molecule has 120 valence electrons. The number of pyridine rings is 1. The van der Waals surface area contributed by atoms with Crippen LogP contribution in [0.25, 0.3) is 0 Å². The smallest absolute Gasteiger partial charge is 0.129 e. The van der Waals surface area contributed by atoms with Gasteiger partial charge >= 0.3 is 0 Å². The van der Waals surface area contributed by atoms with E-state index in [1.807, 2.05) is 0 Å². The van der Waals surface area contributed by atoms with E-state index in [0.717, 1.165) is 18.1 Å². The number of anilines is 1. The number of ether oxygens (including phenoxy) is 1. The number of likely N-dealkylation sites (N-methyl/N-ethyl adjacent to an activating group) is 1. The lowest BCUT2D eigenvalue weighted by atomic mass is 10.1. The molecular formula is C17H31N3O. The fourth-order valence-corrected chi connectivity index (χ4v) is 2.07. The Morgan fingerprint density at radius 2 is 1.86 bits per heavy atom. The summed E-state index contributed by atoms with van der Waals surface area (Å²) >= 11 is 0. The number of hydrogen-bond donors (Lipinski definition) is 1. The summed E-state index contributed by atoms with van der Waals surface area (Å²) in [5.41, 5.74) is 2.43. The number of aromatic nitrogens is 1. The van der Waals surface area contributed by atoms with Crippen LogP contribution in [0.4, 0.5) is 5.82 Å². The summed E-state index contributed by atoms with van der Waals surface area (Å²) in [6, 6.07) is 5.16. The van der Waals surface area contributed by atoms with Gasteiger partial charge in [0.1, 0.15) is 5.82 Å². The largest absolute Gasteiger partial charge is 0.383 e. The molecule has 1 aromatic rings. The fraction of sp³-hybridized carbons (Fsp3) is 0.706. The van der Waals surface area contributed by atoms with Crippen LogP contribution in [0.2, 0.25) is 0 Å². The van der Waals surface area contributed by atoms with Crippen LogP contribution in [0.15, 0.2) is 12.1 Å². The molecular weight excluding hydrogens is 262 g/mol. The Bertz CT molecular complexity index is 432. The van der Waals surface area contributed by atoms with Crippen molar-refractivity contribution >= 4 is 5.82 Å². The third-order valence-electron chi connectivity index (χ3n) is 3.63. The molecule has 0 fully saturated rings. The predicted octanol–water partition coefficient (Wildman–Crippen LogP) is 3.17. The summed E-state index contributed by atoms with van der Waals surface area (Å²) in [5, 5.41) is 3.48. The molecule has 1 aromatic heterocycles. The molecule has 0 bridgehead atoms. The lowest BCUT2D eigenvalue weighted by Gasteiger charge is -2.27. The molecule has 1 rings (SSSR count). The van der Waals surface area contributed by atoms with Gasteiger partial charge < -0.3 is 15.0 Å². The maximum absolute atomic E-state index is 5.25. The minimum absolute atomic E-state index is 0.302. The second kappa shape index (κ2) is 8.35. The highest BCUT2D eigenvalue weighted by Gasteiger charge is 2.14. The van der Waals surface area contributed by atoms with E-state index in [-0.39, 0.29) is 0 Å². The van der Waals surface area contributed by atoms with Gasteiger partial charge in [0.2, 0.25) is 0 Å². The van der Waals surface area contributed by atoms with Gasteiger partial charge in [-0.2, -0.15) is 0 Å². The van der Waals surface area contributed by atoms with Gasteiger partial charge in [-0.1, -0.05) is 27.7 Å². The van der Waals surface area contributed by atoms with Crippen molar-refractivity contribution in [1.29, 1.82) is 0 Å². The number of methoxy groups -OCH3 is 1. The first-order valence-corrected chi connectivity index (χ1v) is 7.81. The first-order valence-electron chi connectivity index (χ1n) is 7.81. The van der Waals surface area contributed by atoms with E-state index in [9.17, 15) is 0 Å². The third kappa shape index (κ3) is 5.64. The molecule has 0 radical (unpaired) electrons. The predicted molar refractivity (Wildman–Crippen MR) is 90.0 cm³/mol. The number of hydrogen-bond acceptors (Lipinski definition) is 4. The lowest BCUT2D eigenvalue weighted by molar-refractivity contribution is 0.183. The summed E-state index contributed by atoms with van der Waals surface area (Å²) in [7, 11) is 3.82. The zero-order valence-corrected chi connectivity index (χ0v) is 14.6. The molecule has 0 aromatic carbocycles. The van der Waals surface area contributed by atoms with Crippen LogP contribution in [0.3, 0.4) is 0 Å². The summed E-state index contributed by atoms with van der Waals surface area (Å²) in [4.78, 5) is 6.99. The van der Waals surface area contributed by atoms with Crippen LogP contribution in [0, 0.1) is 0 Å². The summed E-state index contributed by atoms with van der Waals surface area (Å²) in [6.07, 6.45) is 0. The van der Waals surface area contributed by atoms with E-state index in [2.05, 4.69) is 64.0 Å². The first kappa shape index (κ1) is 17.9. The Kier molecular flexibility index (Phi) is 7.12. The molecule has 21 heavy (non-hydrogen) atoms. The highest BCUT2D eigenvalue weighted by atomic mass is 16.5. The molecule has 0 aliphatic carbocycles. The Hall–Kier alpha value is -1.13. The van der Waals surface area contributed by atoms with Crippen molar-refractivity contribution in [3.05, 3.63) is 23.4 Å². The first-order chi connectivity index (χ1) is 9.85. The standard InChI is InChI=1S/C17H31N3O/c1-12(2)16-8-15(10-18-13(3)4)9-17(19-16)20(6)14(5)11-21-7/h8-9,12-14,18H,10-11H2,1-7H3. The van der Waals surface area contributed by atoms with Gasteiger partial charge in [-0.25, -0.2) is 4.98 Å². The summed E-state index contributed by atoms with van der Waals surface area (Å²) in [5.74, 6) is 1.44. The molecule has 0 saturated heterocycles. The average Bonchev–Trinajstić information content (AvgIpc) is 2.44. The Morgan fingerprint density at radius 3 is 2.38 bits per heavy atom. The summed E-state index contributed by atoms with van der Waals surface area (Å²) in [6.45, 7) is 12.4. The van der Waals surface area contributed by atoms with Gasteiger partial charge in [-0.05, 0) is 30.5 Å². The number of rotatable bonds is 8. The van der Waals surface area contributed by atoms with Gasteiger partial charge in [0.15, 0.2) is 0 Å². The van der Waals surface area contributed by atoms with Crippen LogP contribution >= 0.6 is 0 Å². The Morgan fingerprint density at radius 1 is 1.19 bits per heavy atom. The van der Waals surface area contributed by atoms with Crippen molar-refractivity contribution in [2.24, 2.45) is 0 Å². The quantitative estimate of drug-likeness (QED) is 0.799. The third-order valence-corrected chi connectivity index (χ3v) is 3.63. The molecule has 0 aliphatic rings. The van der Waals surface area contributed by atoms with E-state index in [0.29, 0.717) is 24.6 Å². The molecule has 1 atom stereocenters. The molecule has 4 heteroatoms. The average molecular weight is 293 g/mol. The SMILES string of the molecule is COCC(C)N(C)c1cc(CNC(C)C)cc(C(C)C)n1.